The van der Waals surface area contributed by atoms with Crippen LogP contribution in [0.25, 0.3) is 0 Å². The average Bonchev–Trinajstić information content (AvgIpc) is 3.29. The van der Waals surface area contributed by atoms with Crippen LogP contribution in [0.5, 0.6) is 17.2 Å². The Labute approximate surface area is 260 Å². The van der Waals surface area contributed by atoms with E-state index in [9.17, 15) is 19.5 Å². The molecular formula is C33H34ClN3O7. The number of ether oxygens (including phenoxy) is 3. The molecule has 0 saturated carbocycles. The summed E-state index contributed by atoms with van der Waals surface area (Å²) in [6.45, 7) is 8.65. The van der Waals surface area contributed by atoms with Gasteiger partial charge in [0.15, 0.2) is 17.3 Å². The number of carbonyl (C=O) groups excluding carboxylic acids is 3. The number of halogens is 1. The van der Waals surface area contributed by atoms with Crippen LogP contribution in [-0.2, 0) is 9.59 Å². The van der Waals surface area contributed by atoms with Crippen LogP contribution in [0.4, 0.5) is 5.69 Å². The fourth-order valence-electron chi connectivity index (χ4n) is 8.24. The van der Waals surface area contributed by atoms with Crippen molar-refractivity contribution in [3.8, 4) is 17.2 Å². The number of methoxy groups -OCH3 is 2. The van der Waals surface area contributed by atoms with Gasteiger partial charge in [0.05, 0.1) is 42.5 Å². The van der Waals surface area contributed by atoms with Crippen LogP contribution < -0.4 is 14.2 Å². The molecule has 0 aromatic heterocycles. The van der Waals surface area contributed by atoms with Gasteiger partial charge >= 0.3 is 0 Å². The number of aliphatic hydroxyl groups is 1. The molecule has 4 fully saturated rings. The van der Waals surface area contributed by atoms with Gasteiger partial charge in [-0.3, -0.25) is 29.2 Å². The fraction of sp³-hybridized carbons (Fsp3) is 0.455. The van der Waals surface area contributed by atoms with Gasteiger partial charge in [-0.2, -0.15) is 0 Å². The summed E-state index contributed by atoms with van der Waals surface area (Å²) in [4.78, 5) is 49.6. The molecule has 230 valence electrons. The molecule has 4 saturated heterocycles. The number of hydrogen-bond donors (Lipinski definition) is 1. The normalized spacial score (nSPS) is 35.5. The molecule has 0 amide bonds. The Morgan fingerprint density at radius 3 is 2.27 bits per heavy atom. The number of benzene rings is 2. The third kappa shape index (κ3) is 3.80. The minimum absolute atomic E-state index is 0.0205. The van der Waals surface area contributed by atoms with E-state index >= 15 is 0 Å². The summed E-state index contributed by atoms with van der Waals surface area (Å²) in [7, 11) is 2.84. The summed E-state index contributed by atoms with van der Waals surface area (Å²) in [5.74, 6) is -1.28. The lowest BCUT2D eigenvalue weighted by molar-refractivity contribution is -0.197. The van der Waals surface area contributed by atoms with Gasteiger partial charge in [-0.1, -0.05) is 44.5 Å². The fourth-order valence-corrected chi connectivity index (χ4v) is 8.50. The van der Waals surface area contributed by atoms with Gasteiger partial charge in [-0.05, 0) is 17.7 Å². The quantitative estimate of drug-likeness (QED) is 0.474. The molecule has 10 nitrogen and oxygen atoms in total. The van der Waals surface area contributed by atoms with Crippen molar-refractivity contribution in [3.63, 3.8) is 0 Å². The highest BCUT2D eigenvalue weighted by atomic mass is 35.5. The molecule has 6 aliphatic rings. The van der Waals surface area contributed by atoms with Crippen LogP contribution in [0, 0.1) is 16.7 Å². The second-order valence-electron chi connectivity index (χ2n) is 13.2. The van der Waals surface area contributed by atoms with Crippen LogP contribution in [0.15, 0.2) is 46.7 Å². The Bertz CT molecular complexity index is 1680. The highest BCUT2D eigenvalue weighted by Crippen LogP contribution is 2.55. The summed E-state index contributed by atoms with van der Waals surface area (Å²) < 4.78 is 17.0. The standard InChI is InChI=1S/C33H34ClN3O7/c1-17-9-21(38)20(27(39)33(17)28(40)24-22(42-4)11-23(43-5)25(34)26(24)44-33)12-35-19-8-6-7-18(10-19)29-36-13-31(2)14-37(29)16-32(3,15-36)30(31)41/h6-8,10-12,17,29,39H,9,13-16H2,1-5H3. The average molecular weight is 620 g/mol. The highest BCUT2D eigenvalue weighted by Gasteiger charge is 2.63. The zero-order valence-corrected chi connectivity index (χ0v) is 26.0. The number of allylic oxidation sites excluding steroid dienone is 1. The summed E-state index contributed by atoms with van der Waals surface area (Å²) in [6.07, 6.45) is 1.28. The Morgan fingerprint density at radius 2 is 1.66 bits per heavy atom. The van der Waals surface area contributed by atoms with Crippen molar-refractivity contribution in [2.24, 2.45) is 21.7 Å². The number of piperidine rings is 2. The number of fused-ring (bicyclic) bond motifs is 1. The predicted octanol–water partition coefficient (Wildman–Crippen LogP) is 4.72. The van der Waals surface area contributed by atoms with E-state index in [0.29, 0.717) is 37.6 Å². The van der Waals surface area contributed by atoms with Crippen LogP contribution in [0.3, 0.4) is 0 Å². The van der Waals surface area contributed by atoms with Crippen molar-refractivity contribution in [1.29, 1.82) is 0 Å². The smallest absolute Gasteiger partial charge is 0.231 e. The van der Waals surface area contributed by atoms with Gasteiger partial charge in [0.2, 0.25) is 11.4 Å². The molecule has 2 aromatic carbocycles. The zero-order chi connectivity index (χ0) is 31.3. The molecule has 11 heteroatoms. The van der Waals surface area contributed by atoms with E-state index in [1.165, 1.54) is 26.5 Å². The number of nitrogens with zero attached hydrogens (tertiary/aromatic N) is 3. The van der Waals surface area contributed by atoms with Gasteiger partial charge in [-0.15, -0.1) is 0 Å². The Hall–Kier alpha value is -3.73. The maximum absolute atomic E-state index is 14.0. The third-order valence-electron chi connectivity index (χ3n) is 10.0. The summed E-state index contributed by atoms with van der Waals surface area (Å²) >= 11 is 6.53. The van der Waals surface area contributed by atoms with E-state index < -0.39 is 23.1 Å². The number of aliphatic imine (C=N–C) groups is 1. The molecule has 2 atom stereocenters. The van der Waals surface area contributed by atoms with Gasteiger partial charge in [0, 0.05) is 50.8 Å². The first kappa shape index (κ1) is 29.0. The van der Waals surface area contributed by atoms with Crippen molar-refractivity contribution in [3.05, 3.63) is 57.8 Å². The summed E-state index contributed by atoms with van der Waals surface area (Å²) in [5, 5.41) is 11.7. The number of ketones is 3. The molecule has 8 rings (SSSR count). The van der Waals surface area contributed by atoms with E-state index in [2.05, 4.69) is 28.6 Å². The second-order valence-corrected chi connectivity index (χ2v) is 13.6. The highest BCUT2D eigenvalue weighted by molar-refractivity contribution is 6.35. The predicted molar refractivity (Wildman–Crippen MR) is 162 cm³/mol. The molecule has 5 heterocycles. The minimum atomic E-state index is -1.87. The van der Waals surface area contributed by atoms with Gasteiger partial charge < -0.3 is 19.3 Å². The molecule has 2 unspecified atom stereocenters. The number of aliphatic hydroxyl groups excluding tert-OH is 1. The van der Waals surface area contributed by atoms with Crippen molar-refractivity contribution < 1.29 is 33.7 Å². The van der Waals surface area contributed by atoms with Crippen molar-refractivity contribution in [2.75, 3.05) is 40.4 Å². The molecular weight excluding hydrogens is 586 g/mol. The minimum Gasteiger partial charge on any atom is -0.507 e. The monoisotopic (exact) mass is 619 g/mol. The first-order chi connectivity index (χ1) is 20.9. The lowest BCUT2D eigenvalue weighted by Crippen LogP contribution is -2.75. The molecule has 4 bridgehead atoms. The van der Waals surface area contributed by atoms with E-state index in [4.69, 9.17) is 25.8 Å². The van der Waals surface area contributed by atoms with E-state index in [-0.39, 0.29) is 62.6 Å². The molecule has 5 aliphatic heterocycles. The largest absolute Gasteiger partial charge is 0.507 e. The van der Waals surface area contributed by atoms with Crippen molar-refractivity contribution in [2.45, 2.75) is 39.0 Å². The SMILES string of the molecule is COc1cc(OC)c2c(c1Cl)OC1(C2=O)C(O)=C(C=Nc2cccc(C3N4CC5(C)CN3CC(C)(C4)C5=O)c2)C(=O)CC1C. The first-order valence-corrected chi connectivity index (χ1v) is 15.1. The summed E-state index contributed by atoms with van der Waals surface area (Å²) in [6, 6.07) is 9.23. The maximum Gasteiger partial charge on any atom is 0.231 e. The third-order valence-corrected chi connectivity index (χ3v) is 10.4. The number of rotatable bonds is 5. The molecule has 0 radical (unpaired) electrons. The Morgan fingerprint density at radius 1 is 1.02 bits per heavy atom. The first-order valence-electron chi connectivity index (χ1n) is 14.7. The van der Waals surface area contributed by atoms with E-state index in [1.807, 2.05) is 24.3 Å². The number of carbonyl (C=O) groups is 3. The molecule has 44 heavy (non-hydrogen) atoms. The lowest BCUT2D eigenvalue weighted by Gasteiger charge is -2.64. The van der Waals surface area contributed by atoms with Crippen LogP contribution in [0.1, 0.15) is 49.3 Å². The second kappa shape index (κ2) is 9.63. The number of Topliss-reactive ketones (excluding diaryl/α,β-unsaturated/α-hetero) is 3. The Kier molecular flexibility index (Phi) is 6.35. The van der Waals surface area contributed by atoms with Gasteiger partial charge in [0.25, 0.3) is 0 Å². The van der Waals surface area contributed by atoms with Crippen LogP contribution >= 0.6 is 11.6 Å². The molecule has 1 N–H and O–H groups in total. The van der Waals surface area contributed by atoms with Crippen LogP contribution in [-0.4, -0.2) is 84.5 Å². The molecule has 2 aromatic rings. The van der Waals surface area contributed by atoms with Gasteiger partial charge in [-0.25, -0.2) is 0 Å². The lowest BCUT2D eigenvalue weighted by atomic mass is 9.62. The maximum atomic E-state index is 14.0. The molecule has 1 aliphatic carbocycles. The van der Waals surface area contributed by atoms with Gasteiger partial charge in [0.1, 0.15) is 27.9 Å². The number of hydrogen-bond acceptors (Lipinski definition) is 10. The van der Waals surface area contributed by atoms with Crippen molar-refractivity contribution >= 4 is 40.9 Å². The van der Waals surface area contributed by atoms with E-state index in [1.54, 1.807) is 6.92 Å². The summed E-state index contributed by atoms with van der Waals surface area (Å²) in [5.41, 5.74) is -0.990. The molecule has 1 spiro atoms. The Balaban J connectivity index is 1.22. The van der Waals surface area contributed by atoms with Crippen molar-refractivity contribution in [1.82, 2.24) is 9.80 Å². The van der Waals surface area contributed by atoms with Crippen LogP contribution in [0.2, 0.25) is 5.02 Å². The topological polar surface area (TPSA) is 118 Å². The zero-order valence-electron chi connectivity index (χ0n) is 25.3. The van der Waals surface area contributed by atoms with E-state index in [0.717, 1.165) is 5.56 Å².